The summed E-state index contributed by atoms with van der Waals surface area (Å²) >= 11 is 1.86. The Morgan fingerprint density at radius 1 is 1.40 bits per heavy atom. The van der Waals surface area contributed by atoms with Crippen LogP contribution in [-0.2, 0) is 0 Å². The SMILES string of the molecule is c1nc2c(s1)C1CCC2C1. The molecule has 0 saturated heterocycles. The van der Waals surface area contributed by atoms with E-state index in [1.165, 1.54) is 25.0 Å². The Kier molecular flexibility index (Phi) is 0.857. The maximum Gasteiger partial charge on any atom is 0.0797 e. The van der Waals surface area contributed by atoms with Crippen molar-refractivity contribution in [2.75, 3.05) is 0 Å². The standard InChI is InChI=1S/C8H9NS/c1-2-6-3-5(1)7-8(6)10-4-9-7/h4-6H,1-3H2. The third-order valence-electron chi connectivity index (χ3n) is 2.81. The fourth-order valence-electron chi connectivity index (χ4n) is 2.34. The number of hydrogen-bond donors (Lipinski definition) is 0. The Labute approximate surface area is 64.1 Å². The number of thiazole rings is 1. The van der Waals surface area contributed by atoms with Crippen molar-refractivity contribution in [3.8, 4) is 0 Å². The molecule has 0 N–H and O–H groups in total. The molecule has 0 aromatic carbocycles. The third kappa shape index (κ3) is 0.473. The van der Waals surface area contributed by atoms with Crippen LogP contribution in [0.5, 0.6) is 0 Å². The van der Waals surface area contributed by atoms with Gasteiger partial charge in [0.25, 0.3) is 0 Å². The maximum absolute atomic E-state index is 4.40. The maximum atomic E-state index is 4.40. The Bertz CT molecular complexity index is 241. The van der Waals surface area contributed by atoms with E-state index in [0.29, 0.717) is 0 Å². The van der Waals surface area contributed by atoms with Gasteiger partial charge in [-0.2, -0.15) is 0 Å². The van der Waals surface area contributed by atoms with Crippen LogP contribution in [0, 0.1) is 0 Å². The molecule has 2 aliphatic carbocycles. The molecule has 1 heterocycles. The molecular formula is C8H9NS. The van der Waals surface area contributed by atoms with E-state index in [1.807, 2.05) is 16.8 Å². The molecule has 0 amide bonds. The smallest absolute Gasteiger partial charge is 0.0797 e. The van der Waals surface area contributed by atoms with Crippen LogP contribution in [0.4, 0.5) is 0 Å². The zero-order valence-electron chi connectivity index (χ0n) is 5.71. The molecule has 1 fully saturated rings. The van der Waals surface area contributed by atoms with Crippen molar-refractivity contribution in [1.29, 1.82) is 0 Å². The molecule has 1 saturated carbocycles. The van der Waals surface area contributed by atoms with Crippen molar-refractivity contribution in [1.82, 2.24) is 4.98 Å². The second-order valence-corrected chi connectivity index (χ2v) is 4.20. The van der Waals surface area contributed by atoms with Gasteiger partial charge >= 0.3 is 0 Å². The first-order valence-corrected chi connectivity index (χ1v) is 4.76. The molecule has 2 heteroatoms. The lowest BCUT2D eigenvalue weighted by Gasteiger charge is -2.06. The summed E-state index contributed by atoms with van der Waals surface area (Å²) < 4.78 is 0. The van der Waals surface area contributed by atoms with E-state index in [1.54, 1.807) is 4.88 Å². The van der Waals surface area contributed by atoms with Gasteiger partial charge in [0.1, 0.15) is 0 Å². The van der Waals surface area contributed by atoms with Crippen LogP contribution >= 0.6 is 11.3 Å². The van der Waals surface area contributed by atoms with Gasteiger partial charge in [0.2, 0.25) is 0 Å². The average Bonchev–Trinajstić information content (AvgIpc) is 2.60. The molecule has 52 valence electrons. The summed E-state index contributed by atoms with van der Waals surface area (Å²) in [6.45, 7) is 0. The number of hydrogen-bond acceptors (Lipinski definition) is 2. The van der Waals surface area contributed by atoms with Gasteiger partial charge in [-0.3, -0.25) is 0 Å². The predicted octanol–water partition coefficient (Wildman–Crippen LogP) is 2.51. The van der Waals surface area contributed by atoms with Gasteiger partial charge in [0, 0.05) is 10.8 Å². The van der Waals surface area contributed by atoms with Gasteiger partial charge in [-0.05, 0) is 25.2 Å². The van der Waals surface area contributed by atoms with E-state index in [9.17, 15) is 0 Å². The van der Waals surface area contributed by atoms with Crippen molar-refractivity contribution in [3.05, 3.63) is 16.1 Å². The lowest BCUT2D eigenvalue weighted by molar-refractivity contribution is 0.709. The van der Waals surface area contributed by atoms with Crippen molar-refractivity contribution in [2.24, 2.45) is 0 Å². The lowest BCUT2D eigenvalue weighted by atomic mass is 10.0. The van der Waals surface area contributed by atoms with Crippen molar-refractivity contribution >= 4 is 11.3 Å². The minimum absolute atomic E-state index is 0.853. The monoisotopic (exact) mass is 151 g/mol. The summed E-state index contributed by atoms with van der Waals surface area (Å²) in [5.41, 5.74) is 3.45. The van der Waals surface area contributed by atoms with E-state index >= 15 is 0 Å². The highest BCUT2D eigenvalue weighted by Crippen LogP contribution is 2.53. The first-order valence-electron chi connectivity index (χ1n) is 3.88. The summed E-state index contributed by atoms with van der Waals surface area (Å²) in [6.07, 6.45) is 4.25. The van der Waals surface area contributed by atoms with Crippen LogP contribution in [0.25, 0.3) is 0 Å². The Balaban J connectivity index is 2.25. The molecule has 0 radical (unpaired) electrons. The topological polar surface area (TPSA) is 12.9 Å². The van der Waals surface area contributed by atoms with Gasteiger partial charge in [-0.25, -0.2) is 4.98 Å². The van der Waals surface area contributed by atoms with E-state index in [2.05, 4.69) is 4.98 Å². The van der Waals surface area contributed by atoms with Crippen LogP contribution in [0.15, 0.2) is 5.51 Å². The fraction of sp³-hybridized carbons (Fsp3) is 0.625. The van der Waals surface area contributed by atoms with Gasteiger partial charge in [-0.15, -0.1) is 11.3 Å². The van der Waals surface area contributed by atoms with E-state index in [0.717, 1.165) is 11.8 Å². The van der Waals surface area contributed by atoms with Crippen molar-refractivity contribution in [2.45, 2.75) is 31.1 Å². The largest absolute Gasteiger partial charge is 0.249 e. The van der Waals surface area contributed by atoms with Crippen LogP contribution in [0.3, 0.4) is 0 Å². The Hall–Kier alpha value is -0.370. The summed E-state index contributed by atoms with van der Waals surface area (Å²) in [4.78, 5) is 6.01. The Morgan fingerprint density at radius 2 is 2.30 bits per heavy atom. The highest BCUT2D eigenvalue weighted by atomic mass is 32.1. The molecule has 2 bridgehead atoms. The normalized spacial score (nSPS) is 34.8. The summed E-state index contributed by atoms with van der Waals surface area (Å²) in [7, 11) is 0. The number of rotatable bonds is 0. The molecule has 2 atom stereocenters. The number of aromatic nitrogens is 1. The number of fused-ring (bicyclic) bond motifs is 5. The molecule has 10 heavy (non-hydrogen) atoms. The quantitative estimate of drug-likeness (QED) is 0.555. The Morgan fingerprint density at radius 3 is 3.20 bits per heavy atom. The predicted molar refractivity (Wildman–Crippen MR) is 41.4 cm³/mol. The summed E-state index contributed by atoms with van der Waals surface area (Å²) in [6, 6.07) is 0. The zero-order valence-corrected chi connectivity index (χ0v) is 6.53. The van der Waals surface area contributed by atoms with Gasteiger partial charge in [0.05, 0.1) is 11.2 Å². The first-order chi connectivity index (χ1) is 4.95. The molecule has 1 aromatic heterocycles. The van der Waals surface area contributed by atoms with Crippen LogP contribution in [0.1, 0.15) is 41.7 Å². The van der Waals surface area contributed by atoms with E-state index in [-0.39, 0.29) is 0 Å². The highest BCUT2D eigenvalue weighted by molar-refractivity contribution is 7.09. The zero-order chi connectivity index (χ0) is 6.55. The van der Waals surface area contributed by atoms with Crippen LogP contribution in [0.2, 0.25) is 0 Å². The fourth-order valence-corrected chi connectivity index (χ4v) is 3.37. The van der Waals surface area contributed by atoms with Gasteiger partial charge in [-0.1, -0.05) is 0 Å². The van der Waals surface area contributed by atoms with Crippen LogP contribution in [-0.4, -0.2) is 4.98 Å². The molecule has 0 spiro atoms. The van der Waals surface area contributed by atoms with E-state index < -0.39 is 0 Å². The molecule has 1 aromatic rings. The summed E-state index contributed by atoms with van der Waals surface area (Å²) in [5.74, 6) is 1.76. The van der Waals surface area contributed by atoms with Crippen molar-refractivity contribution in [3.63, 3.8) is 0 Å². The number of nitrogens with zero attached hydrogens (tertiary/aromatic N) is 1. The van der Waals surface area contributed by atoms with Crippen molar-refractivity contribution < 1.29 is 0 Å². The molecule has 2 unspecified atom stereocenters. The van der Waals surface area contributed by atoms with Crippen LogP contribution < -0.4 is 0 Å². The van der Waals surface area contributed by atoms with Gasteiger partial charge < -0.3 is 0 Å². The molecule has 2 aliphatic rings. The van der Waals surface area contributed by atoms with E-state index in [4.69, 9.17) is 0 Å². The minimum atomic E-state index is 0.853. The second kappa shape index (κ2) is 1.62. The third-order valence-corrected chi connectivity index (χ3v) is 3.82. The molecule has 3 rings (SSSR count). The lowest BCUT2D eigenvalue weighted by Crippen LogP contribution is -1.93. The van der Waals surface area contributed by atoms with Gasteiger partial charge in [0.15, 0.2) is 0 Å². The second-order valence-electron chi connectivity index (χ2n) is 3.31. The first kappa shape index (κ1) is 5.30. The minimum Gasteiger partial charge on any atom is -0.249 e. The highest BCUT2D eigenvalue weighted by Gasteiger charge is 2.38. The molecular weight excluding hydrogens is 142 g/mol. The average molecular weight is 151 g/mol. The summed E-state index contributed by atoms with van der Waals surface area (Å²) in [5, 5.41) is 0. The molecule has 0 aliphatic heterocycles. The molecule has 1 nitrogen and oxygen atoms in total.